The molecule has 1 fully saturated rings. The maximum atomic E-state index is 12.1. The predicted octanol–water partition coefficient (Wildman–Crippen LogP) is 4.23. The van der Waals surface area contributed by atoms with Gasteiger partial charge in [-0.1, -0.05) is 42.8 Å². The van der Waals surface area contributed by atoms with Crippen molar-refractivity contribution in [2.75, 3.05) is 26.0 Å². The molecule has 2 aromatic carbocycles. The number of nitrogens with zero attached hydrogens (tertiary/aromatic N) is 1. The summed E-state index contributed by atoms with van der Waals surface area (Å²) in [6.07, 6.45) is 4.01. The highest BCUT2D eigenvalue weighted by atomic mass is 32.2. The second kappa shape index (κ2) is 11.1. The summed E-state index contributed by atoms with van der Waals surface area (Å²) < 4.78 is 5.16. The summed E-state index contributed by atoms with van der Waals surface area (Å²) in [4.78, 5) is 14.6. The first kappa shape index (κ1) is 20.7. The molecule has 0 aromatic heterocycles. The fraction of sp³-hybridized carbons (Fsp3) is 0.435. The number of amides is 1. The van der Waals surface area contributed by atoms with E-state index >= 15 is 0 Å². The standard InChI is InChI=1S/C23H30N2O2S/c1-27-22-11-9-21(10-12-22)17-28-18-23(26)24-15-19-5-7-20(8-6-19)16-25-13-3-2-4-14-25/h5-12H,2-4,13-18H2,1H3,(H,24,26). The van der Waals surface area contributed by atoms with Crippen LogP contribution in [0, 0.1) is 0 Å². The Hall–Kier alpha value is -1.98. The zero-order chi connectivity index (χ0) is 19.6. The van der Waals surface area contributed by atoms with Gasteiger partial charge in [-0.3, -0.25) is 9.69 Å². The lowest BCUT2D eigenvalue weighted by Gasteiger charge is -2.26. The first-order chi connectivity index (χ1) is 13.7. The van der Waals surface area contributed by atoms with E-state index in [9.17, 15) is 4.79 Å². The van der Waals surface area contributed by atoms with Crippen LogP contribution in [-0.2, 0) is 23.6 Å². The van der Waals surface area contributed by atoms with Crippen molar-refractivity contribution in [2.24, 2.45) is 0 Å². The topological polar surface area (TPSA) is 41.6 Å². The van der Waals surface area contributed by atoms with Gasteiger partial charge in [0.25, 0.3) is 0 Å². The van der Waals surface area contributed by atoms with Crippen LogP contribution in [0.2, 0.25) is 0 Å². The van der Waals surface area contributed by atoms with E-state index in [0.717, 1.165) is 23.6 Å². The van der Waals surface area contributed by atoms with Gasteiger partial charge in [0, 0.05) is 18.8 Å². The fourth-order valence-corrected chi connectivity index (χ4v) is 4.19. The van der Waals surface area contributed by atoms with E-state index in [1.807, 2.05) is 24.3 Å². The number of nitrogens with one attached hydrogen (secondary N) is 1. The van der Waals surface area contributed by atoms with E-state index in [1.54, 1.807) is 18.9 Å². The third-order valence-corrected chi connectivity index (χ3v) is 6.03. The van der Waals surface area contributed by atoms with Gasteiger partial charge in [-0.15, -0.1) is 11.8 Å². The van der Waals surface area contributed by atoms with Gasteiger partial charge >= 0.3 is 0 Å². The Kier molecular flexibility index (Phi) is 8.24. The molecular weight excluding hydrogens is 368 g/mol. The normalized spacial score (nSPS) is 14.6. The Bertz CT molecular complexity index is 725. The van der Waals surface area contributed by atoms with Crippen LogP contribution in [0.3, 0.4) is 0 Å². The van der Waals surface area contributed by atoms with Crippen LogP contribution < -0.4 is 10.1 Å². The molecule has 28 heavy (non-hydrogen) atoms. The van der Waals surface area contributed by atoms with Crippen molar-refractivity contribution < 1.29 is 9.53 Å². The second-order valence-electron chi connectivity index (χ2n) is 7.27. The number of carbonyl (C=O) groups excluding carboxylic acids is 1. The molecule has 3 rings (SSSR count). The molecule has 4 nitrogen and oxygen atoms in total. The quantitative estimate of drug-likeness (QED) is 0.686. The number of ether oxygens (including phenoxy) is 1. The molecule has 1 heterocycles. The summed E-state index contributed by atoms with van der Waals surface area (Å²) in [6.45, 7) is 4.05. The van der Waals surface area contributed by atoms with Crippen molar-refractivity contribution in [2.45, 2.75) is 38.1 Å². The first-order valence-electron chi connectivity index (χ1n) is 10.0. The zero-order valence-electron chi connectivity index (χ0n) is 16.7. The summed E-state index contributed by atoms with van der Waals surface area (Å²) in [6, 6.07) is 16.6. The van der Waals surface area contributed by atoms with E-state index in [0.29, 0.717) is 12.3 Å². The van der Waals surface area contributed by atoms with Crippen molar-refractivity contribution in [3.8, 4) is 5.75 Å². The van der Waals surface area contributed by atoms with Crippen molar-refractivity contribution in [3.05, 3.63) is 65.2 Å². The van der Waals surface area contributed by atoms with Gasteiger partial charge in [0.2, 0.25) is 5.91 Å². The highest BCUT2D eigenvalue weighted by Gasteiger charge is 2.10. The van der Waals surface area contributed by atoms with Gasteiger partial charge in [-0.05, 0) is 54.8 Å². The molecule has 0 spiro atoms. The lowest BCUT2D eigenvalue weighted by Crippen LogP contribution is -2.29. The Labute approximate surface area is 172 Å². The number of hydrogen-bond acceptors (Lipinski definition) is 4. The van der Waals surface area contributed by atoms with Gasteiger partial charge in [0.05, 0.1) is 12.9 Å². The van der Waals surface area contributed by atoms with E-state index < -0.39 is 0 Å². The summed E-state index contributed by atoms with van der Waals surface area (Å²) in [7, 11) is 1.66. The molecule has 0 bridgehead atoms. The lowest BCUT2D eigenvalue weighted by atomic mass is 10.1. The van der Waals surface area contributed by atoms with Crippen LogP contribution in [-0.4, -0.2) is 36.8 Å². The molecule has 2 aromatic rings. The van der Waals surface area contributed by atoms with Crippen molar-refractivity contribution in [1.29, 1.82) is 0 Å². The van der Waals surface area contributed by atoms with Gasteiger partial charge in [0.15, 0.2) is 0 Å². The molecule has 0 aliphatic carbocycles. The Balaban J connectivity index is 1.34. The first-order valence-corrected chi connectivity index (χ1v) is 11.2. The molecule has 5 heteroatoms. The fourth-order valence-electron chi connectivity index (χ4n) is 3.37. The van der Waals surface area contributed by atoms with E-state index in [1.165, 1.54) is 43.5 Å². The minimum Gasteiger partial charge on any atom is -0.497 e. The molecule has 0 atom stereocenters. The maximum Gasteiger partial charge on any atom is 0.230 e. The lowest BCUT2D eigenvalue weighted by molar-refractivity contribution is -0.118. The number of piperidine rings is 1. The predicted molar refractivity (Wildman–Crippen MR) is 117 cm³/mol. The van der Waals surface area contributed by atoms with Crippen molar-refractivity contribution >= 4 is 17.7 Å². The largest absolute Gasteiger partial charge is 0.497 e. The molecular formula is C23H30N2O2S. The highest BCUT2D eigenvalue weighted by molar-refractivity contribution is 7.99. The van der Waals surface area contributed by atoms with Crippen LogP contribution in [0.25, 0.3) is 0 Å². The van der Waals surface area contributed by atoms with Gasteiger partial charge < -0.3 is 10.1 Å². The van der Waals surface area contributed by atoms with Gasteiger partial charge in [-0.2, -0.15) is 0 Å². The zero-order valence-corrected chi connectivity index (χ0v) is 17.5. The second-order valence-corrected chi connectivity index (χ2v) is 8.26. The summed E-state index contributed by atoms with van der Waals surface area (Å²) in [5, 5.41) is 3.01. The van der Waals surface area contributed by atoms with Crippen LogP contribution in [0.1, 0.15) is 36.0 Å². The average Bonchev–Trinajstić information content (AvgIpc) is 2.74. The summed E-state index contributed by atoms with van der Waals surface area (Å²) in [5.41, 5.74) is 3.70. The SMILES string of the molecule is COc1ccc(CSCC(=O)NCc2ccc(CN3CCCCC3)cc2)cc1. The maximum absolute atomic E-state index is 12.1. The average molecular weight is 399 g/mol. The molecule has 1 aliphatic rings. The van der Waals surface area contributed by atoms with Crippen LogP contribution in [0.5, 0.6) is 5.75 Å². The monoisotopic (exact) mass is 398 g/mol. The van der Waals surface area contributed by atoms with Gasteiger partial charge in [0.1, 0.15) is 5.75 Å². The Morgan fingerprint density at radius 3 is 2.29 bits per heavy atom. The third kappa shape index (κ3) is 6.88. The number of hydrogen-bond donors (Lipinski definition) is 1. The van der Waals surface area contributed by atoms with Gasteiger partial charge in [-0.25, -0.2) is 0 Å². The van der Waals surface area contributed by atoms with E-state index in [2.05, 4.69) is 34.5 Å². The smallest absolute Gasteiger partial charge is 0.230 e. The van der Waals surface area contributed by atoms with Crippen LogP contribution in [0.4, 0.5) is 0 Å². The molecule has 0 radical (unpaired) electrons. The van der Waals surface area contributed by atoms with Crippen LogP contribution >= 0.6 is 11.8 Å². The Morgan fingerprint density at radius 1 is 0.964 bits per heavy atom. The summed E-state index contributed by atoms with van der Waals surface area (Å²) in [5.74, 6) is 2.23. The molecule has 0 unspecified atom stereocenters. The molecule has 1 amide bonds. The molecule has 0 saturated carbocycles. The summed E-state index contributed by atoms with van der Waals surface area (Å²) >= 11 is 1.63. The number of rotatable bonds is 9. The Morgan fingerprint density at radius 2 is 1.61 bits per heavy atom. The number of carbonyl (C=O) groups is 1. The van der Waals surface area contributed by atoms with Crippen LogP contribution in [0.15, 0.2) is 48.5 Å². The minimum atomic E-state index is 0.0795. The minimum absolute atomic E-state index is 0.0795. The molecule has 1 aliphatic heterocycles. The third-order valence-electron chi connectivity index (χ3n) is 5.03. The van der Waals surface area contributed by atoms with Crippen molar-refractivity contribution in [1.82, 2.24) is 10.2 Å². The highest BCUT2D eigenvalue weighted by Crippen LogP contribution is 2.17. The number of likely N-dealkylation sites (tertiary alicyclic amines) is 1. The number of methoxy groups -OCH3 is 1. The molecule has 150 valence electrons. The van der Waals surface area contributed by atoms with Crippen molar-refractivity contribution in [3.63, 3.8) is 0 Å². The van der Waals surface area contributed by atoms with E-state index in [4.69, 9.17) is 4.74 Å². The molecule has 1 saturated heterocycles. The number of benzene rings is 2. The van der Waals surface area contributed by atoms with E-state index in [-0.39, 0.29) is 5.91 Å². The number of thioether (sulfide) groups is 1. The molecule has 1 N–H and O–H groups in total.